The largest absolute Gasteiger partial charge is 0.477 e. The number of nitro groups is 1. The maximum atomic E-state index is 11.8. The van der Waals surface area contributed by atoms with Gasteiger partial charge in [-0.25, -0.2) is 0 Å². The van der Waals surface area contributed by atoms with Crippen LogP contribution in [0, 0.1) is 10.1 Å². The molecular formula is C14H11BrN2O4. The zero-order valence-electron chi connectivity index (χ0n) is 10.8. The van der Waals surface area contributed by atoms with Crippen molar-refractivity contribution in [2.75, 3.05) is 11.9 Å². The van der Waals surface area contributed by atoms with Crippen LogP contribution in [0.25, 0.3) is 0 Å². The summed E-state index contributed by atoms with van der Waals surface area (Å²) in [6.45, 7) is -0.313. The van der Waals surface area contributed by atoms with E-state index in [1.165, 1.54) is 18.2 Å². The maximum Gasteiger partial charge on any atom is 0.310 e. The molecule has 0 spiro atoms. The maximum absolute atomic E-state index is 11.8. The van der Waals surface area contributed by atoms with E-state index in [0.717, 1.165) is 4.47 Å². The Labute approximate surface area is 129 Å². The summed E-state index contributed by atoms with van der Waals surface area (Å²) >= 11 is 3.31. The topological polar surface area (TPSA) is 81.5 Å². The molecule has 1 N–H and O–H groups in total. The summed E-state index contributed by atoms with van der Waals surface area (Å²) in [4.78, 5) is 22.1. The molecule has 0 fully saturated rings. The number of amides is 1. The van der Waals surface area contributed by atoms with E-state index in [2.05, 4.69) is 21.2 Å². The predicted molar refractivity (Wildman–Crippen MR) is 81.4 cm³/mol. The molecule has 7 heteroatoms. The lowest BCUT2D eigenvalue weighted by molar-refractivity contribution is -0.385. The standard InChI is InChI=1S/C14H11BrN2O4/c15-10-5-1-2-6-11(10)16-14(18)9-21-13-8-4-3-7-12(13)17(19)20/h1-8H,9H2,(H,16,18). The van der Waals surface area contributed by atoms with Gasteiger partial charge in [-0.3, -0.25) is 14.9 Å². The summed E-state index contributed by atoms with van der Waals surface area (Å²) in [6, 6.07) is 13.0. The number of anilines is 1. The first-order valence-corrected chi connectivity index (χ1v) is 6.78. The van der Waals surface area contributed by atoms with E-state index in [0.29, 0.717) is 5.69 Å². The van der Waals surface area contributed by atoms with Crippen molar-refractivity contribution in [3.05, 3.63) is 63.1 Å². The number of ether oxygens (including phenoxy) is 1. The third-order valence-corrected chi connectivity index (χ3v) is 3.26. The Hall–Kier alpha value is -2.41. The molecule has 0 aliphatic rings. The van der Waals surface area contributed by atoms with Gasteiger partial charge in [0.1, 0.15) is 0 Å². The van der Waals surface area contributed by atoms with Crippen molar-refractivity contribution in [2.45, 2.75) is 0 Å². The van der Waals surface area contributed by atoms with Gasteiger partial charge in [0.15, 0.2) is 12.4 Å². The lowest BCUT2D eigenvalue weighted by atomic mass is 10.3. The average molecular weight is 351 g/mol. The number of carbonyl (C=O) groups excluding carboxylic acids is 1. The van der Waals surface area contributed by atoms with E-state index >= 15 is 0 Å². The molecule has 0 bridgehead atoms. The summed E-state index contributed by atoms with van der Waals surface area (Å²) in [6.07, 6.45) is 0. The number of halogens is 1. The van der Waals surface area contributed by atoms with Crippen LogP contribution in [0.4, 0.5) is 11.4 Å². The van der Waals surface area contributed by atoms with Gasteiger partial charge >= 0.3 is 5.69 Å². The predicted octanol–water partition coefficient (Wildman–Crippen LogP) is 3.37. The summed E-state index contributed by atoms with van der Waals surface area (Å²) < 4.78 is 5.94. The molecule has 6 nitrogen and oxygen atoms in total. The van der Waals surface area contributed by atoms with Crippen molar-refractivity contribution < 1.29 is 14.5 Å². The highest BCUT2D eigenvalue weighted by Gasteiger charge is 2.15. The number of nitrogens with zero attached hydrogens (tertiary/aromatic N) is 1. The van der Waals surface area contributed by atoms with Gasteiger partial charge in [-0.2, -0.15) is 0 Å². The Kier molecular flexibility index (Phi) is 4.89. The first kappa shape index (κ1) is 15.0. The average Bonchev–Trinajstić information content (AvgIpc) is 2.48. The second kappa shape index (κ2) is 6.85. The Morgan fingerprint density at radius 1 is 1.19 bits per heavy atom. The van der Waals surface area contributed by atoms with Crippen LogP contribution in [-0.4, -0.2) is 17.4 Å². The number of rotatable bonds is 5. The fourth-order valence-corrected chi connectivity index (χ4v) is 2.01. The molecule has 0 radical (unpaired) electrons. The molecule has 0 heterocycles. The van der Waals surface area contributed by atoms with Crippen molar-refractivity contribution in [2.24, 2.45) is 0 Å². The highest BCUT2D eigenvalue weighted by molar-refractivity contribution is 9.10. The highest BCUT2D eigenvalue weighted by atomic mass is 79.9. The smallest absolute Gasteiger partial charge is 0.310 e. The minimum absolute atomic E-state index is 0.0600. The monoisotopic (exact) mass is 350 g/mol. The molecule has 0 atom stereocenters. The van der Waals surface area contributed by atoms with Gasteiger partial charge in [0.2, 0.25) is 0 Å². The van der Waals surface area contributed by atoms with Crippen LogP contribution >= 0.6 is 15.9 Å². The van der Waals surface area contributed by atoms with Crippen molar-refractivity contribution in [1.82, 2.24) is 0 Å². The fourth-order valence-electron chi connectivity index (χ4n) is 1.62. The Balaban J connectivity index is 1.99. The SMILES string of the molecule is O=C(COc1ccccc1[N+](=O)[O-])Nc1ccccc1Br. The van der Waals surface area contributed by atoms with Crippen molar-refractivity contribution in [3.8, 4) is 5.75 Å². The van der Waals surface area contributed by atoms with E-state index in [4.69, 9.17) is 4.74 Å². The van der Waals surface area contributed by atoms with Gasteiger partial charge in [-0.1, -0.05) is 24.3 Å². The van der Waals surface area contributed by atoms with Gasteiger partial charge < -0.3 is 10.1 Å². The van der Waals surface area contributed by atoms with Crippen LogP contribution < -0.4 is 10.1 Å². The zero-order valence-corrected chi connectivity index (χ0v) is 12.4. The molecule has 0 saturated heterocycles. The van der Waals surface area contributed by atoms with Crippen molar-refractivity contribution in [1.29, 1.82) is 0 Å². The number of nitro benzene ring substituents is 1. The van der Waals surface area contributed by atoms with Crippen LogP contribution in [0.2, 0.25) is 0 Å². The second-order valence-electron chi connectivity index (χ2n) is 4.04. The zero-order chi connectivity index (χ0) is 15.2. The van der Waals surface area contributed by atoms with E-state index in [1.54, 1.807) is 24.3 Å². The van der Waals surface area contributed by atoms with E-state index in [1.807, 2.05) is 6.07 Å². The molecule has 2 aromatic rings. The van der Waals surface area contributed by atoms with Gasteiger partial charge in [0.05, 0.1) is 10.6 Å². The number of benzene rings is 2. The van der Waals surface area contributed by atoms with E-state index in [9.17, 15) is 14.9 Å². The van der Waals surface area contributed by atoms with Gasteiger partial charge in [-0.15, -0.1) is 0 Å². The van der Waals surface area contributed by atoms with Gasteiger partial charge in [-0.05, 0) is 34.1 Å². The summed E-state index contributed by atoms with van der Waals surface area (Å²) in [5.74, 6) is -0.343. The number of para-hydroxylation sites is 3. The number of hydrogen-bond acceptors (Lipinski definition) is 4. The summed E-state index contributed by atoms with van der Waals surface area (Å²) in [7, 11) is 0. The molecule has 21 heavy (non-hydrogen) atoms. The Morgan fingerprint density at radius 2 is 1.86 bits per heavy atom. The lowest BCUT2D eigenvalue weighted by Crippen LogP contribution is -2.20. The molecule has 0 unspecified atom stereocenters. The lowest BCUT2D eigenvalue weighted by Gasteiger charge is -2.08. The first-order valence-electron chi connectivity index (χ1n) is 5.98. The van der Waals surface area contributed by atoms with E-state index in [-0.39, 0.29) is 18.0 Å². The summed E-state index contributed by atoms with van der Waals surface area (Å²) in [5, 5.41) is 13.5. The Bertz CT molecular complexity index is 676. The van der Waals surface area contributed by atoms with Crippen LogP contribution in [0.15, 0.2) is 53.0 Å². The van der Waals surface area contributed by atoms with Gasteiger partial charge in [0.25, 0.3) is 5.91 Å². The normalized spacial score (nSPS) is 9.95. The van der Waals surface area contributed by atoms with E-state index < -0.39 is 10.8 Å². The quantitative estimate of drug-likeness (QED) is 0.661. The molecular weight excluding hydrogens is 340 g/mol. The fraction of sp³-hybridized carbons (Fsp3) is 0.0714. The van der Waals surface area contributed by atoms with Crippen LogP contribution in [0.3, 0.4) is 0 Å². The molecule has 0 aliphatic carbocycles. The molecule has 0 aromatic heterocycles. The number of nitrogens with one attached hydrogen (secondary N) is 1. The number of carbonyl (C=O) groups is 1. The summed E-state index contributed by atoms with van der Waals surface area (Å²) in [5.41, 5.74) is 0.430. The molecule has 108 valence electrons. The molecule has 0 saturated carbocycles. The third-order valence-electron chi connectivity index (χ3n) is 2.57. The minimum atomic E-state index is -0.555. The number of hydrogen-bond donors (Lipinski definition) is 1. The van der Waals surface area contributed by atoms with Crippen LogP contribution in [0.5, 0.6) is 5.75 Å². The molecule has 1 amide bonds. The molecule has 2 rings (SSSR count). The molecule has 0 aliphatic heterocycles. The van der Waals surface area contributed by atoms with Crippen LogP contribution in [-0.2, 0) is 4.79 Å². The first-order chi connectivity index (χ1) is 10.1. The van der Waals surface area contributed by atoms with Gasteiger partial charge in [0, 0.05) is 10.5 Å². The Morgan fingerprint density at radius 3 is 2.57 bits per heavy atom. The molecule has 2 aromatic carbocycles. The highest BCUT2D eigenvalue weighted by Crippen LogP contribution is 2.26. The van der Waals surface area contributed by atoms with Crippen LogP contribution in [0.1, 0.15) is 0 Å². The van der Waals surface area contributed by atoms with Crippen molar-refractivity contribution >= 4 is 33.2 Å². The second-order valence-corrected chi connectivity index (χ2v) is 4.90. The minimum Gasteiger partial charge on any atom is -0.477 e. The van der Waals surface area contributed by atoms with Crippen molar-refractivity contribution in [3.63, 3.8) is 0 Å². The third kappa shape index (κ3) is 4.03.